The number of halogens is 1. The molecule has 1 rings (SSSR count). The van der Waals surface area contributed by atoms with Crippen LogP contribution in [-0.2, 0) is 4.79 Å². The molecule has 0 aliphatic heterocycles. The Bertz CT molecular complexity index is 243. The van der Waals surface area contributed by atoms with Crippen LogP contribution in [0.4, 0.5) is 0 Å². The lowest BCUT2D eigenvalue weighted by Crippen LogP contribution is -2.18. The highest BCUT2D eigenvalue weighted by molar-refractivity contribution is 6.30. The second-order valence-electron chi connectivity index (χ2n) is 2.72. The second-order valence-corrected chi connectivity index (χ2v) is 3.18. The molecule has 0 spiro atoms. The lowest BCUT2D eigenvalue weighted by molar-refractivity contribution is -0.119. The van der Waals surface area contributed by atoms with Gasteiger partial charge in [0.15, 0.2) is 0 Å². The van der Waals surface area contributed by atoms with E-state index in [-0.39, 0.29) is 5.91 Å². The third kappa shape index (κ3) is 2.38. The largest absolute Gasteiger partial charge is 0.359 e. The van der Waals surface area contributed by atoms with E-state index in [0.29, 0.717) is 6.42 Å². The molecule has 0 bridgehead atoms. The van der Waals surface area contributed by atoms with Gasteiger partial charge in [0.1, 0.15) is 0 Å². The number of hydrogen-bond acceptors (Lipinski definition) is 1. The SMILES string of the molecule is CNC(=O)CC1=C(Cl)CCC=C1. The van der Waals surface area contributed by atoms with Gasteiger partial charge in [-0.05, 0) is 18.4 Å². The monoisotopic (exact) mass is 185 g/mol. The van der Waals surface area contributed by atoms with Crippen LogP contribution in [-0.4, -0.2) is 13.0 Å². The molecule has 0 heterocycles. The summed E-state index contributed by atoms with van der Waals surface area (Å²) in [4.78, 5) is 11.0. The van der Waals surface area contributed by atoms with Gasteiger partial charge in [0.05, 0.1) is 6.42 Å². The summed E-state index contributed by atoms with van der Waals surface area (Å²) in [6.07, 6.45) is 6.22. The van der Waals surface area contributed by atoms with E-state index in [1.165, 1.54) is 0 Å². The van der Waals surface area contributed by atoms with Gasteiger partial charge in [0, 0.05) is 12.1 Å². The van der Waals surface area contributed by atoms with Crippen molar-refractivity contribution < 1.29 is 4.79 Å². The van der Waals surface area contributed by atoms with Crippen LogP contribution >= 0.6 is 11.6 Å². The van der Waals surface area contributed by atoms with Gasteiger partial charge in [-0.3, -0.25) is 4.79 Å². The van der Waals surface area contributed by atoms with Gasteiger partial charge in [-0.2, -0.15) is 0 Å². The predicted molar refractivity (Wildman–Crippen MR) is 49.9 cm³/mol. The maximum absolute atomic E-state index is 11.0. The van der Waals surface area contributed by atoms with Crippen molar-refractivity contribution in [3.63, 3.8) is 0 Å². The lowest BCUT2D eigenvalue weighted by atomic mass is 10.0. The Labute approximate surface area is 77.3 Å². The van der Waals surface area contributed by atoms with Crippen molar-refractivity contribution in [3.05, 3.63) is 22.8 Å². The molecule has 0 unspecified atom stereocenters. The molecule has 1 N–H and O–H groups in total. The summed E-state index contributed by atoms with van der Waals surface area (Å²) in [6, 6.07) is 0. The van der Waals surface area contributed by atoms with Crippen LogP contribution in [0.15, 0.2) is 22.8 Å². The molecule has 1 amide bonds. The molecule has 3 heteroatoms. The highest BCUT2D eigenvalue weighted by Gasteiger charge is 2.08. The number of carbonyl (C=O) groups excluding carboxylic acids is 1. The summed E-state index contributed by atoms with van der Waals surface area (Å²) in [6.45, 7) is 0. The van der Waals surface area contributed by atoms with Crippen molar-refractivity contribution in [2.45, 2.75) is 19.3 Å². The quantitative estimate of drug-likeness (QED) is 0.700. The van der Waals surface area contributed by atoms with Crippen molar-refractivity contribution in [2.24, 2.45) is 0 Å². The maximum atomic E-state index is 11.0. The van der Waals surface area contributed by atoms with E-state index in [0.717, 1.165) is 23.4 Å². The van der Waals surface area contributed by atoms with Crippen molar-refractivity contribution in [1.82, 2.24) is 5.32 Å². The number of rotatable bonds is 2. The second kappa shape index (κ2) is 4.31. The molecule has 0 aromatic heterocycles. The van der Waals surface area contributed by atoms with E-state index in [1.807, 2.05) is 12.2 Å². The van der Waals surface area contributed by atoms with Crippen LogP contribution < -0.4 is 5.32 Å². The van der Waals surface area contributed by atoms with Crippen molar-refractivity contribution in [2.75, 3.05) is 7.05 Å². The van der Waals surface area contributed by atoms with Gasteiger partial charge in [0.2, 0.25) is 5.91 Å². The fraction of sp³-hybridized carbons (Fsp3) is 0.444. The first-order valence-electron chi connectivity index (χ1n) is 3.98. The van der Waals surface area contributed by atoms with Gasteiger partial charge in [0.25, 0.3) is 0 Å². The van der Waals surface area contributed by atoms with Crippen molar-refractivity contribution >= 4 is 17.5 Å². The van der Waals surface area contributed by atoms with E-state index < -0.39 is 0 Å². The molecular weight excluding hydrogens is 174 g/mol. The predicted octanol–water partition coefficient (Wildman–Crippen LogP) is 1.97. The first-order chi connectivity index (χ1) is 5.74. The molecule has 1 aliphatic rings. The van der Waals surface area contributed by atoms with Crippen LogP contribution in [0.5, 0.6) is 0 Å². The summed E-state index contributed by atoms with van der Waals surface area (Å²) in [7, 11) is 1.63. The van der Waals surface area contributed by atoms with E-state index in [1.54, 1.807) is 7.05 Å². The first-order valence-corrected chi connectivity index (χ1v) is 4.36. The Morgan fingerprint density at radius 3 is 3.08 bits per heavy atom. The smallest absolute Gasteiger partial charge is 0.224 e. The Morgan fingerprint density at radius 1 is 1.75 bits per heavy atom. The molecule has 2 nitrogen and oxygen atoms in total. The average molecular weight is 186 g/mol. The fourth-order valence-electron chi connectivity index (χ4n) is 1.10. The average Bonchev–Trinajstić information content (AvgIpc) is 2.09. The Hall–Kier alpha value is -0.760. The number of carbonyl (C=O) groups is 1. The van der Waals surface area contributed by atoms with Gasteiger partial charge < -0.3 is 5.32 Å². The molecule has 0 atom stereocenters. The van der Waals surface area contributed by atoms with E-state index >= 15 is 0 Å². The molecule has 12 heavy (non-hydrogen) atoms. The van der Waals surface area contributed by atoms with Crippen LogP contribution in [0.25, 0.3) is 0 Å². The maximum Gasteiger partial charge on any atom is 0.224 e. The Morgan fingerprint density at radius 2 is 2.50 bits per heavy atom. The zero-order valence-electron chi connectivity index (χ0n) is 7.06. The Kier molecular flexibility index (Phi) is 3.35. The number of hydrogen-bond donors (Lipinski definition) is 1. The summed E-state index contributed by atoms with van der Waals surface area (Å²) >= 11 is 5.93. The molecule has 0 fully saturated rings. The summed E-state index contributed by atoms with van der Waals surface area (Å²) in [5, 5.41) is 3.39. The van der Waals surface area contributed by atoms with E-state index in [4.69, 9.17) is 11.6 Å². The standard InChI is InChI=1S/C9H12ClNO/c1-11-9(12)6-7-4-2-3-5-8(7)10/h2,4H,3,5-6H2,1H3,(H,11,12). The first kappa shape index (κ1) is 9.33. The molecular formula is C9H12ClNO. The third-order valence-electron chi connectivity index (χ3n) is 1.83. The van der Waals surface area contributed by atoms with Crippen molar-refractivity contribution in [3.8, 4) is 0 Å². The molecule has 1 aliphatic carbocycles. The highest BCUT2D eigenvalue weighted by atomic mass is 35.5. The topological polar surface area (TPSA) is 29.1 Å². The minimum absolute atomic E-state index is 0.00898. The number of allylic oxidation sites excluding steroid dienone is 3. The molecule has 0 saturated carbocycles. The zero-order valence-corrected chi connectivity index (χ0v) is 7.82. The lowest BCUT2D eigenvalue weighted by Gasteiger charge is -2.09. The van der Waals surface area contributed by atoms with Gasteiger partial charge in [-0.1, -0.05) is 23.8 Å². The van der Waals surface area contributed by atoms with Crippen LogP contribution in [0.1, 0.15) is 19.3 Å². The zero-order chi connectivity index (χ0) is 8.97. The van der Waals surface area contributed by atoms with Gasteiger partial charge in [-0.15, -0.1) is 0 Å². The Balaban J connectivity index is 2.61. The summed E-state index contributed by atoms with van der Waals surface area (Å²) < 4.78 is 0. The van der Waals surface area contributed by atoms with Crippen molar-refractivity contribution in [1.29, 1.82) is 0 Å². The van der Waals surface area contributed by atoms with E-state index in [2.05, 4.69) is 5.32 Å². The normalized spacial score (nSPS) is 16.5. The summed E-state index contributed by atoms with van der Waals surface area (Å²) in [5.41, 5.74) is 0.947. The molecule has 0 aromatic carbocycles. The van der Waals surface area contributed by atoms with Gasteiger partial charge in [-0.25, -0.2) is 0 Å². The van der Waals surface area contributed by atoms with Crippen LogP contribution in [0.3, 0.4) is 0 Å². The van der Waals surface area contributed by atoms with Crippen LogP contribution in [0.2, 0.25) is 0 Å². The molecule has 0 saturated heterocycles. The number of amides is 1. The highest BCUT2D eigenvalue weighted by Crippen LogP contribution is 2.24. The van der Waals surface area contributed by atoms with Gasteiger partial charge >= 0.3 is 0 Å². The molecule has 66 valence electrons. The molecule has 0 aromatic rings. The minimum Gasteiger partial charge on any atom is -0.359 e. The van der Waals surface area contributed by atoms with Crippen LogP contribution in [0, 0.1) is 0 Å². The summed E-state index contributed by atoms with van der Waals surface area (Å²) in [5.74, 6) is 0.00898. The minimum atomic E-state index is 0.00898. The third-order valence-corrected chi connectivity index (χ3v) is 2.26. The fourth-order valence-corrected chi connectivity index (χ4v) is 1.34. The van der Waals surface area contributed by atoms with E-state index in [9.17, 15) is 4.79 Å². The molecule has 0 radical (unpaired) electrons. The number of nitrogens with one attached hydrogen (secondary N) is 1.